The summed E-state index contributed by atoms with van der Waals surface area (Å²) in [6.45, 7) is 6.55. The Morgan fingerprint density at radius 1 is 1.33 bits per heavy atom. The second-order valence-electron chi connectivity index (χ2n) is 5.88. The molecule has 98 valence electrons. The lowest BCUT2D eigenvalue weighted by Crippen LogP contribution is -2.45. The van der Waals surface area contributed by atoms with Crippen LogP contribution in [0.5, 0.6) is 0 Å². The van der Waals surface area contributed by atoms with E-state index in [1.807, 2.05) is 17.8 Å². The first-order valence-corrected chi connectivity index (χ1v) is 6.30. The van der Waals surface area contributed by atoms with Crippen LogP contribution in [0.2, 0.25) is 0 Å². The Morgan fingerprint density at radius 2 is 2.00 bits per heavy atom. The van der Waals surface area contributed by atoms with Crippen LogP contribution in [0.25, 0.3) is 10.9 Å². The van der Waals surface area contributed by atoms with Gasteiger partial charge >= 0.3 is 0 Å². The van der Waals surface area contributed by atoms with Crippen LogP contribution in [0.4, 0.5) is 0 Å². The number of hydrazine groups is 1. The molecule has 3 N–H and O–H groups in total. The zero-order valence-corrected chi connectivity index (χ0v) is 11.6. The molecule has 4 heteroatoms. The molecule has 0 amide bonds. The second kappa shape index (κ2) is 4.71. The zero-order valence-electron chi connectivity index (χ0n) is 11.6. The van der Waals surface area contributed by atoms with Crippen LogP contribution in [0.15, 0.2) is 24.3 Å². The second-order valence-corrected chi connectivity index (χ2v) is 5.88. The van der Waals surface area contributed by atoms with Gasteiger partial charge < -0.3 is 0 Å². The quantitative estimate of drug-likeness (QED) is 0.643. The van der Waals surface area contributed by atoms with Crippen LogP contribution in [-0.2, 0) is 13.5 Å². The topological polar surface area (TPSA) is 55.9 Å². The Morgan fingerprint density at radius 3 is 2.61 bits per heavy atom. The zero-order chi connectivity index (χ0) is 13.3. The smallest absolute Gasteiger partial charge is 0.0719 e. The summed E-state index contributed by atoms with van der Waals surface area (Å²) in [6.07, 6.45) is 0.835. The van der Waals surface area contributed by atoms with Crippen molar-refractivity contribution >= 4 is 10.9 Å². The molecule has 0 saturated carbocycles. The number of benzene rings is 1. The van der Waals surface area contributed by atoms with Crippen LogP contribution in [-0.4, -0.2) is 15.8 Å². The lowest BCUT2D eigenvalue weighted by atomic mass is 9.84. The number of rotatable bonds is 3. The fourth-order valence-electron chi connectivity index (χ4n) is 2.25. The third-order valence-corrected chi connectivity index (χ3v) is 3.48. The van der Waals surface area contributed by atoms with Gasteiger partial charge in [0.05, 0.1) is 11.2 Å². The molecule has 2 rings (SSSR count). The Labute approximate surface area is 108 Å². The van der Waals surface area contributed by atoms with Gasteiger partial charge in [0.1, 0.15) is 0 Å². The van der Waals surface area contributed by atoms with Crippen LogP contribution in [0.3, 0.4) is 0 Å². The van der Waals surface area contributed by atoms with Crippen molar-refractivity contribution in [2.24, 2.45) is 18.3 Å². The van der Waals surface area contributed by atoms with Gasteiger partial charge in [-0.3, -0.25) is 16.0 Å². The van der Waals surface area contributed by atoms with Gasteiger partial charge in [0, 0.05) is 24.9 Å². The summed E-state index contributed by atoms with van der Waals surface area (Å²) in [7, 11) is 1.98. The Balaban J connectivity index is 2.37. The van der Waals surface area contributed by atoms with Gasteiger partial charge in [-0.1, -0.05) is 39.0 Å². The largest absolute Gasteiger partial charge is 0.271 e. The van der Waals surface area contributed by atoms with Crippen molar-refractivity contribution in [2.45, 2.75) is 33.2 Å². The molecule has 1 aromatic carbocycles. The normalized spacial score (nSPS) is 14.1. The minimum atomic E-state index is 0.105. The van der Waals surface area contributed by atoms with Crippen molar-refractivity contribution in [2.75, 3.05) is 0 Å². The highest BCUT2D eigenvalue weighted by Crippen LogP contribution is 2.25. The molecular formula is C14H22N4. The molecule has 0 aliphatic rings. The van der Waals surface area contributed by atoms with E-state index in [2.05, 4.69) is 49.5 Å². The molecule has 2 aromatic rings. The van der Waals surface area contributed by atoms with E-state index in [0.29, 0.717) is 0 Å². The lowest BCUT2D eigenvalue weighted by Gasteiger charge is -2.29. The van der Waals surface area contributed by atoms with E-state index in [1.54, 1.807) is 0 Å². The van der Waals surface area contributed by atoms with E-state index in [1.165, 1.54) is 5.39 Å². The third kappa shape index (κ3) is 2.40. The van der Waals surface area contributed by atoms with Crippen molar-refractivity contribution in [1.82, 2.24) is 15.2 Å². The van der Waals surface area contributed by atoms with Gasteiger partial charge in [0.15, 0.2) is 0 Å². The Hall–Kier alpha value is -1.39. The SMILES string of the molecule is Cn1nc(CC(NN)C(C)(C)C)c2ccccc21. The first-order valence-electron chi connectivity index (χ1n) is 6.30. The monoisotopic (exact) mass is 246 g/mol. The fraction of sp³-hybridized carbons (Fsp3) is 0.500. The summed E-state index contributed by atoms with van der Waals surface area (Å²) in [6, 6.07) is 8.50. The van der Waals surface area contributed by atoms with Crippen LogP contribution >= 0.6 is 0 Å². The summed E-state index contributed by atoms with van der Waals surface area (Å²) in [5, 5.41) is 5.82. The van der Waals surface area contributed by atoms with Gasteiger partial charge in [-0.15, -0.1) is 0 Å². The van der Waals surface area contributed by atoms with Gasteiger partial charge in [0.2, 0.25) is 0 Å². The highest BCUT2D eigenvalue weighted by Gasteiger charge is 2.25. The molecule has 4 nitrogen and oxygen atoms in total. The maximum atomic E-state index is 5.67. The van der Waals surface area contributed by atoms with Crippen molar-refractivity contribution in [3.05, 3.63) is 30.0 Å². The molecule has 0 aliphatic heterocycles. The molecule has 0 fully saturated rings. The van der Waals surface area contributed by atoms with Crippen LogP contribution in [0, 0.1) is 5.41 Å². The number of nitrogens with one attached hydrogen (secondary N) is 1. The average molecular weight is 246 g/mol. The average Bonchev–Trinajstić information content (AvgIpc) is 2.62. The van der Waals surface area contributed by atoms with E-state index in [-0.39, 0.29) is 11.5 Å². The number of hydrogen-bond acceptors (Lipinski definition) is 3. The van der Waals surface area contributed by atoms with Gasteiger partial charge in [0.25, 0.3) is 0 Å². The number of fused-ring (bicyclic) bond motifs is 1. The fourth-order valence-corrected chi connectivity index (χ4v) is 2.25. The van der Waals surface area contributed by atoms with E-state index in [4.69, 9.17) is 5.84 Å². The molecule has 1 aromatic heterocycles. The highest BCUT2D eigenvalue weighted by molar-refractivity contribution is 5.81. The van der Waals surface area contributed by atoms with Crippen LogP contribution < -0.4 is 11.3 Å². The number of nitrogens with two attached hydrogens (primary N) is 1. The van der Waals surface area contributed by atoms with E-state index in [9.17, 15) is 0 Å². The summed E-state index contributed by atoms with van der Waals surface area (Å²) < 4.78 is 1.93. The molecule has 0 aliphatic carbocycles. The first kappa shape index (κ1) is 13.1. The minimum Gasteiger partial charge on any atom is -0.271 e. The van der Waals surface area contributed by atoms with Gasteiger partial charge in [-0.25, -0.2) is 0 Å². The molecule has 1 heterocycles. The summed E-state index contributed by atoms with van der Waals surface area (Å²) in [5.41, 5.74) is 5.29. The number of aromatic nitrogens is 2. The molecule has 1 atom stereocenters. The van der Waals surface area contributed by atoms with Gasteiger partial charge in [-0.2, -0.15) is 5.10 Å². The van der Waals surface area contributed by atoms with Crippen molar-refractivity contribution < 1.29 is 0 Å². The Bertz CT molecular complexity index is 536. The molecule has 0 saturated heterocycles. The molecule has 1 unspecified atom stereocenters. The predicted octanol–water partition coefficient (Wildman–Crippen LogP) is 1.99. The minimum absolute atomic E-state index is 0.105. The number of aryl methyl sites for hydroxylation is 1. The van der Waals surface area contributed by atoms with E-state index < -0.39 is 0 Å². The molecule has 18 heavy (non-hydrogen) atoms. The molecule has 0 radical (unpaired) electrons. The van der Waals surface area contributed by atoms with Gasteiger partial charge in [-0.05, 0) is 11.5 Å². The molecular weight excluding hydrogens is 224 g/mol. The lowest BCUT2D eigenvalue weighted by molar-refractivity contribution is 0.267. The summed E-state index contributed by atoms with van der Waals surface area (Å²) in [5.74, 6) is 5.67. The maximum absolute atomic E-state index is 5.67. The standard InChI is InChI=1S/C14H22N4/c1-14(2,3)13(16-15)9-11-10-7-5-6-8-12(10)18(4)17-11/h5-8,13,16H,9,15H2,1-4H3. The predicted molar refractivity (Wildman–Crippen MR) is 75.0 cm³/mol. The Kier molecular flexibility index (Phi) is 3.41. The van der Waals surface area contributed by atoms with Crippen molar-refractivity contribution in [3.8, 4) is 0 Å². The van der Waals surface area contributed by atoms with E-state index >= 15 is 0 Å². The number of nitrogens with zero attached hydrogens (tertiary/aromatic N) is 2. The van der Waals surface area contributed by atoms with Crippen molar-refractivity contribution in [3.63, 3.8) is 0 Å². The third-order valence-electron chi connectivity index (χ3n) is 3.48. The van der Waals surface area contributed by atoms with Crippen LogP contribution in [0.1, 0.15) is 26.5 Å². The molecule has 0 spiro atoms. The van der Waals surface area contributed by atoms with E-state index in [0.717, 1.165) is 17.6 Å². The highest BCUT2D eigenvalue weighted by atomic mass is 15.3. The number of para-hydroxylation sites is 1. The summed E-state index contributed by atoms with van der Waals surface area (Å²) in [4.78, 5) is 0. The van der Waals surface area contributed by atoms with Crippen molar-refractivity contribution in [1.29, 1.82) is 0 Å². The summed E-state index contributed by atoms with van der Waals surface area (Å²) >= 11 is 0. The molecule has 0 bridgehead atoms. The first-order chi connectivity index (χ1) is 8.43. The maximum Gasteiger partial charge on any atom is 0.0719 e. The number of hydrogen-bond donors (Lipinski definition) is 2.